The van der Waals surface area contributed by atoms with E-state index in [0.717, 1.165) is 11.3 Å². The molecule has 0 saturated carbocycles. The molecule has 0 bridgehead atoms. The monoisotopic (exact) mass is 713 g/mol. The topological polar surface area (TPSA) is 12.4 Å². The van der Waals surface area contributed by atoms with Crippen molar-refractivity contribution >= 4 is 54.4 Å². The van der Waals surface area contributed by atoms with Gasteiger partial charge in [-0.3, -0.25) is 4.99 Å². The zero-order valence-corrected chi connectivity index (χ0v) is 33.3. The predicted octanol–water partition coefficient (Wildman–Crippen LogP) is 15.6. The Hall–Kier alpha value is -6.31. The van der Waals surface area contributed by atoms with Gasteiger partial charge in [0.05, 0.1) is 5.71 Å². The van der Waals surface area contributed by atoms with E-state index in [9.17, 15) is 0 Å². The number of nitrogens with zero attached hydrogens (tertiary/aromatic N) is 1. The summed E-state index contributed by atoms with van der Waals surface area (Å²) in [6, 6.07) is 63.2. The van der Waals surface area contributed by atoms with E-state index in [1.165, 1.54) is 82.0 Å². The molecule has 55 heavy (non-hydrogen) atoms. The molecule has 0 N–H and O–H groups in total. The molecular formula is C54H51N. The quantitative estimate of drug-likeness (QED) is 0.124. The number of hydrogen-bond acceptors (Lipinski definition) is 1. The molecule has 0 aromatic heterocycles. The summed E-state index contributed by atoms with van der Waals surface area (Å²) in [5, 5.41) is 10.4. The Kier molecular flexibility index (Phi) is 12.7. The molecular weight excluding hydrogens is 663 g/mol. The van der Waals surface area contributed by atoms with Crippen LogP contribution in [0, 0.1) is 6.92 Å². The maximum Gasteiger partial charge on any atom is 0.0646 e. The van der Waals surface area contributed by atoms with Crippen LogP contribution in [0.5, 0.6) is 0 Å². The molecule has 9 aromatic rings. The van der Waals surface area contributed by atoms with Gasteiger partial charge in [0.25, 0.3) is 0 Å². The third kappa shape index (κ3) is 8.27. The molecule has 0 radical (unpaired) electrons. The summed E-state index contributed by atoms with van der Waals surface area (Å²) < 4.78 is 0. The van der Waals surface area contributed by atoms with Gasteiger partial charge in [-0.2, -0.15) is 0 Å². The largest absolute Gasteiger partial charge is 0.288 e. The van der Waals surface area contributed by atoms with Crippen molar-refractivity contribution in [3.05, 3.63) is 199 Å². The number of allylic oxidation sites excluding steroid dienone is 2. The Morgan fingerprint density at radius 1 is 0.455 bits per heavy atom. The van der Waals surface area contributed by atoms with E-state index in [-0.39, 0.29) is 0 Å². The average molecular weight is 714 g/mol. The van der Waals surface area contributed by atoms with E-state index < -0.39 is 0 Å². The molecule has 0 saturated heterocycles. The lowest BCUT2D eigenvalue weighted by atomic mass is 9.89. The van der Waals surface area contributed by atoms with Gasteiger partial charge in [-0.05, 0) is 109 Å². The van der Waals surface area contributed by atoms with Gasteiger partial charge in [0.1, 0.15) is 0 Å². The molecule has 0 fully saturated rings. The first kappa shape index (κ1) is 38.4. The molecule has 0 aliphatic heterocycles. The van der Waals surface area contributed by atoms with Gasteiger partial charge in [0, 0.05) is 12.6 Å². The summed E-state index contributed by atoms with van der Waals surface area (Å²) in [6.07, 6.45) is 2.21. The smallest absolute Gasteiger partial charge is 0.0646 e. The summed E-state index contributed by atoms with van der Waals surface area (Å²) in [5.74, 6) is 0. The Balaban J connectivity index is 0.000000413. The molecule has 1 nitrogen and oxygen atoms in total. The van der Waals surface area contributed by atoms with Crippen molar-refractivity contribution < 1.29 is 0 Å². The molecule has 9 rings (SSSR count). The number of aryl methyl sites for hydroxylation is 1. The van der Waals surface area contributed by atoms with E-state index in [1.807, 2.05) is 52.9 Å². The number of rotatable bonds is 5. The van der Waals surface area contributed by atoms with Gasteiger partial charge < -0.3 is 0 Å². The second kappa shape index (κ2) is 18.1. The minimum atomic E-state index is 0.972. The fourth-order valence-corrected chi connectivity index (χ4v) is 7.37. The van der Waals surface area contributed by atoms with Crippen LogP contribution in [0.25, 0.3) is 70.9 Å². The van der Waals surface area contributed by atoms with Crippen molar-refractivity contribution in [2.45, 2.75) is 41.5 Å². The number of fused-ring (bicyclic) bond motifs is 1. The van der Waals surface area contributed by atoms with Crippen LogP contribution < -0.4 is 0 Å². The van der Waals surface area contributed by atoms with Crippen molar-refractivity contribution in [3.63, 3.8) is 0 Å². The maximum absolute atomic E-state index is 4.72. The van der Waals surface area contributed by atoms with E-state index in [1.54, 1.807) is 0 Å². The third-order valence-corrected chi connectivity index (χ3v) is 9.94. The second-order valence-electron chi connectivity index (χ2n) is 13.2. The van der Waals surface area contributed by atoms with Crippen molar-refractivity contribution in [2.24, 2.45) is 4.99 Å². The lowest BCUT2D eigenvalue weighted by Crippen LogP contribution is -1.99. The molecule has 0 unspecified atom stereocenters. The van der Waals surface area contributed by atoms with E-state index in [2.05, 4.69) is 178 Å². The van der Waals surface area contributed by atoms with Gasteiger partial charge in [-0.1, -0.05) is 197 Å². The Morgan fingerprint density at radius 2 is 1.00 bits per heavy atom. The summed E-state index contributed by atoms with van der Waals surface area (Å²) >= 11 is 0. The molecule has 0 heterocycles. The molecule has 1 heteroatoms. The van der Waals surface area contributed by atoms with Gasteiger partial charge in [0.15, 0.2) is 0 Å². The van der Waals surface area contributed by atoms with Crippen molar-refractivity contribution in [2.75, 3.05) is 7.05 Å². The highest BCUT2D eigenvalue weighted by molar-refractivity contribution is 6.25. The number of hydrogen-bond donors (Lipinski definition) is 0. The fraction of sp³-hybridized carbons (Fsp3) is 0.130. The number of benzene rings is 9. The highest BCUT2D eigenvalue weighted by Crippen LogP contribution is 2.40. The van der Waals surface area contributed by atoms with Crippen LogP contribution in [0.15, 0.2) is 187 Å². The molecule has 0 aliphatic rings. The first-order chi connectivity index (χ1) is 27.1. The second-order valence-corrected chi connectivity index (χ2v) is 13.2. The zero-order valence-electron chi connectivity index (χ0n) is 33.3. The van der Waals surface area contributed by atoms with Crippen LogP contribution in [0.3, 0.4) is 0 Å². The van der Waals surface area contributed by atoms with Crippen molar-refractivity contribution in [1.82, 2.24) is 0 Å². The Labute approximate surface area is 327 Å². The Bertz CT molecular complexity index is 2690. The molecule has 0 atom stereocenters. The highest BCUT2D eigenvalue weighted by Gasteiger charge is 2.13. The van der Waals surface area contributed by atoms with Crippen LogP contribution in [-0.4, -0.2) is 12.8 Å². The molecule has 0 amide bonds. The van der Waals surface area contributed by atoms with Gasteiger partial charge in [0.2, 0.25) is 0 Å². The first-order valence-corrected chi connectivity index (χ1v) is 19.6. The van der Waals surface area contributed by atoms with Gasteiger partial charge in [-0.15, -0.1) is 0 Å². The highest BCUT2D eigenvalue weighted by atomic mass is 14.7. The van der Waals surface area contributed by atoms with Crippen LogP contribution >= 0.6 is 0 Å². The lowest BCUT2D eigenvalue weighted by molar-refractivity contribution is 1.43. The van der Waals surface area contributed by atoms with Gasteiger partial charge in [-0.25, -0.2) is 0 Å². The SMILES string of the molecule is CC.CC.CN=C(/C=C(\C)c1cccc2ccccc12)c1cccc(-c2cccc(-c3ccc4ccc5cccc6ccc3c4c56)c2)c1.Cc1ccccc1. The normalized spacial score (nSPS) is 11.4. The van der Waals surface area contributed by atoms with Crippen molar-refractivity contribution in [3.8, 4) is 22.3 Å². The third-order valence-electron chi connectivity index (χ3n) is 9.94. The van der Waals surface area contributed by atoms with E-state index in [0.29, 0.717) is 0 Å². The summed E-state index contributed by atoms with van der Waals surface area (Å²) in [5.41, 5.74) is 10.7. The van der Waals surface area contributed by atoms with Gasteiger partial charge >= 0.3 is 0 Å². The van der Waals surface area contributed by atoms with E-state index >= 15 is 0 Å². The Morgan fingerprint density at radius 3 is 1.71 bits per heavy atom. The molecule has 272 valence electrons. The predicted molar refractivity (Wildman–Crippen MR) is 245 cm³/mol. The number of aliphatic imine (C=N–C) groups is 1. The maximum atomic E-state index is 4.72. The zero-order chi connectivity index (χ0) is 38.7. The minimum Gasteiger partial charge on any atom is -0.288 e. The average Bonchev–Trinajstić information content (AvgIpc) is 3.26. The lowest BCUT2D eigenvalue weighted by Gasteiger charge is -2.15. The summed E-state index contributed by atoms with van der Waals surface area (Å²) in [4.78, 5) is 4.72. The molecule has 9 aromatic carbocycles. The van der Waals surface area contributed by atoms with E-state index in [4.69, 9.17) is 4.99 Å². The summed E-state index contributed by atoms with van der Waals surface area (Å²) in [7, 11) is 1.88. The minimum absolute atomic E-state index is 0.972. The first-order valence-electron chi connectivity index (χ1n) is 19.6. The molecule has 0 aliphatic carbocycles. The summed E-state index contributed by atoms with van der Waals surface area (Å²) in [6.45, 7) is 12.3. The van der Waals surface area contributed by atoms with Crippen molar-refractivity contribution in [1.29, 1.82) is 0 Å². The standard InChI is InChI=1S/C43H31N.C7H8.2C2H6/c1-28(37-18-8-10-29-9-3-4-17-38(29)37)25-41(44-2)36-16-7-14-34(27-36)33-13-6-15-35(26-33)39-23-21-32-20-19-30-11-5-12-31-22-24-40(39)43(32)42(30)31;1-7-5-3-2-4-6-7;2*1-2/h3-27H,1-2H3;2-6H,1H3;2*1-2H3/b28-25+,44-41?;;;. The molecule has 0 spiro atoms. The van der Waals surface area contributed by atoms with Crippen LogP contribution in [0.1, 0.15) is 51.3 Å². The van der Waals surface area contributed by atoms with Crippen LogP contribution in [0.4, 0.5) is 0 Å². The van der Waals surface area contributed by atoms with Crippen LogP contribution in [-0.2, 0) is 0 Å². The van der Waals surface area contributed by atoms with Crippen LogP contribution in [0.2, 0.25) is 0 Å². The fourth-order valence-electron chi connectivity index (χ4n) is 7.37.